The molecule has 2 nitrogen and oxygen atoms in total. The SMILES string of the molecule is C#CCN(CC)Cc1ccccc1CCNCC(C)C. The topological polar surface area (TPSA) is 15.3 Å². The van der Waals surface area contributed by atoms with Crippen LogP contribution in [-0.4, -0.2) is 31.1 Å². The van der Waals surface area contributed by atoms with Crippen molar-refractivity contribution in [1.29, 1.82) is 0 Å². The molecule has 0 amide bonds. The first-order valence-electron chi connectivity index (χ1n) is 7.60. The molecule has 0 fully saturated rings. The molecule has 0 unspecified atom stereocenters. The van der Waals surface area contributed by atoms with Crippen LogP contribution in [0.5, 0.6) is 0 Å². The molecule has 0 saturated heterocycles. The van der Waals surface area contributed by atoms with Gasteiger partial charge in [0.1, 0.15) is 0 Å². The van der Waals surface area contributed by atoms with Gasteiger partial charge in [-0.1, -0.05) is 51.0 Å². The highest BCUT2D eigenvalue weighted by Gasteiger charge is 2.06. The molecule has 0 heterocycles. The van der Waals surface area contributed by atoms with E-state index in [-0.39, 0.29) is 0 Å². The van der Waals surface area contributed by atoms with Gasteiger partial charge in [0.2, 0.25) is 0 Å². The van der Waals surface area contributed by atoms with Crippen molar-refractivity contribution in [2.75, 3.05) is 26.2 Å². The van der Waals surface area contributed by atoms with Crippen LogP contribution < -0.4 is 5.32 Å². The third kappa shape index (κ3) is 6.23. The highest BCUT2D eigenvalue weighted by atomic mass is 15.1. The van der Waals surface area contributed by atoms with E-state index in [0.717, 1.165) is 39.1 Å². The minimum Gasteiger partial charge on any atom is -0.316 e. The lowest BCUT2D eigenvalue weighted by Gasteiger charge is -2.19. The van der Waals surface area contributed by atoms with E-state index < -0.39 is 0 Å². The van der Waals surface area contributed by atoms with E-state index in [0.29, 0.717) is 5.92 Å². The van der Waals surface area contributed by atoms with Crippen molar-refractivity contribution in [3.05, 3.63) is 35.4 Å². The third-order valence-corrected chi connectivity index (χ3v) is 3.40. The van der Waals surface area contributed by atoms with Gasteiger partial charge in [-0.3, -0.25) is 4.90 Å². The lowest BCUT2D eigenvalue weighted by atomic mass is 10.0. The normalized spacial score (nSPS) is 11.0. The average Bonchev–Trinajstić information content (AvgIpc) is 2.44. The number of benzene rings is 1. The molecule has 0 radical (unpaired) electrons. The van der Waals surface area contributed by atoms with Crippen molar-refractivity contribution in [3.8, 4) is 12.3 Å². The van der Waals surface area contributed by atoms with Gasteiger partial charge in [0.05, 0.1) is 6.54 Å². The van der Waals surface area contributed by atoms with Gasteiger partial charge < -0.3 is 5.32 Å². The first-order chi connectivity index (χ1) is 9.67. The van der Waals surface area contributed by atoms with Crippen molar-refractivity contribution >= 4 is 0 Å². The Morgan fingerprint density at radius 3 is 2.55 bits per heavy atom. The van der Waals surface area contributed by atoms with Crippen molar-refractivity contribution in [2.24, 2.45) is 5.92 Å². The number of hydrogen-bond acceptors (Lipinski definition) is 2. The second-order valence-corrected chi connectivity index (χ2v) is 5.62. The minimum atomic E-state index is 0.705. The fourth-order valence-corrected chi connectivity index (χ4v) is 2.22. The summed E-state index contributed by atoms with van der Waals surface area (Å²) in [5.41, 5.74) is 2.83. The van der Waals surface area contributed by atoms with Gasteiger partial charge in [-0.25, -0.2) is 0 Å². The third-order valence-electron chi connectivity index (χ3n) is 3.40. The van der Waals surface area contributed by atoms with Crippen LogP contribution in [0.4, 0.5) is 0 Å². The number of hydrogen-bond donors (Lipinski definition) is 1. The maximum Gasteiger partial charge on any atom is 0.0601 e. The summed E-state index contributed by atoms with van der Waals surface area (Å²) in [6.07, 6.45) is 6.50. The van der Waals surface area contributed by atoms with Crippen LogP contribution in [0.3, 0.4) is 0 Å². The van der Waals surface area contributed by atoms with E-state index in [2.05, 4.69) is 61.2 Å². The Morgan fingerprint density at radius 2 is 1.95 bits per heavy atom. The minimum absolute atomic E-state index is 0.705. The highest BCUT2D eigenvalue weighted by Crippen LogP contribution is 2.12. The van der Waals surface area contributed by atoms with Crippen molar-refractivity contribution < 1.29 is 0 Å². The molecule has 0 aliphatic carbocycles. The van der Waals surface area contributed by atoms with Gasteiger partial charge in [0, 0.05) is 6.54 Å². The summed E-state index contributed by atoms with van der Waals surface area (Å²) in [7, 11) is 0. The second kappa shape index (κ2) is 9.58. The molecule has 110 valence electrons. The van der Waals surface area contributed by atoms with Crippen LogP contribution in [0.2, 0.25) is 0 Å². The maximum atomic E-state index is 5.42. The summed E-state index contributed by atoms with van der Waals surface area (Å²) in [4.78, 5) is 2.29. The molecule has 1 rings (SSSR count). The van der Waals surface area contributed by atoms with E-state index in [9.17, 15) is 0 Å². The molecule has 0 aliphatic rings. The molecular formula is C18H28N2. The highest BCUT2D eigenvalue weighted by molar-refractivity contribution is 5.27. The van der Waals surface area contributed by atoms with E-state index in [1.165, 1.54) is 11.1 Å². The number of nitrogens with one attached hydrogen (secondary N) is 1. The predicted molar refractivity (Wildman–Crippen MR) is 87.6 cm³/mol. The van der Waals surface area contributed by atoms with Gasteiger partial charge >= 0.3 is 0 Å². The molecule has 1 aromatic carbocycles. The standard InChI is InChI=1S/C18H28N2/c1-5-13-20(6-2)15-18-10-8-7-9-17(18)11-12-19-14-16(3)4/h1,7-10,16,19H,6,11-15H2,2-4H3. The summed E-state index contributed by atoms with van der Waals surface area (Å²) < 4.78 is 0. The number of terminal acetylenes is 1. The lowest BCUT2D eigenvalue weighted by Crippen LogP contribution is -2.25. The Hall–Kier alpha value is -1.30. The molecule has 0 spiro atoms. The van der Waals surface area contributed by atoms with Gasteiger partial charge in [-0.05, 0) is 43.1 Å². The average molecular weight is 272 g/mol. The van der Waals surface area contributed by atoms with Crippen LogP contribution in [-0.2, 0) is 13.0 Å². The van der Waals surface area contributed by atoms with Crippen molar-refractivity contribution in [1.82, 2.24) is 10.2 Å². The first kappa shape index (κ1) is 16.8. The van der Waals surface area contributed by atoms with Gasteiger partial charge in [0.15, 0.2) is 0 Å². The van der Waals surface area contributed by atoms with Crippen LogP contribution in [0, 0.1) is 18.3 Å². The van der Waals surface area contributed by atoms with Gasteiger partial charge in [0.25, 0.3) is 0 Å². The quantitative estimate of drug-likeness (QED) is 0.549. The number of nitrogens with zero attached hydrogens (tertiary/aromatic N) is 1. The van der Waals surface area contributed by atoms with Gasteiger partial charge in [-0.15, -0.1) is 6.42 Å². The molecular weight excluding hydrogens is 244 g/mol. The molecule has 2 heteroatoms. The van der Waals surface area contributed by atoms with Crippen LogP contribution in [0.1, 0.15) is 31.9 Å². The molecule has 0 aliphatic heterocycles. The Balaban J connectivity index is 2.56. The molecule has 0 aromatic heterocycles. The zero-order chi connectivity index (χ0) is 14.8. The first-order valence-corrected chi connectivity index (χ1v) is 7.60. The molecule has 20 heavy (non-hydrogen) atoms. The van der Waals surface area contributed by atoms with E-state index in [1.807, 2.05) is 0 Å². The summed E-state index contributed by atoms with van der Waals surface area (Å²) in [6.45, 7) is 11.4. The van der Waals surface area contributed by atoms with Crippen molar-refractivity contribution in [2.45, 2.75) is 33.7 Å². The number of rotatable bonds is 9. The molecule has 1 N–H and O–H groups in total. The van der Waals surface area contributed by atoms with E-state index in [1.54, 1.807) is 0 Å². The summed E-state index contributed by atoms with van der Waals surface area (Å²) in [6, 6.07) is 8.69. The summed E-state index contributed by atoms with van der Waals surface area (Å²) >= 11 is 0. The zero-order valence-corrected chi connectivity index (χ0v) is 13.2. The molecule has 0 saturated carbocycles. The Morgan fingerprint density at radius 1 is 1.25 bits per heavy atom. The predicted octanol–water partition coefficient (Wildman–Crippen LogP) is 2.93. The fourth-order valence-electron chi connectivity index (χ4n) is 2.22. The van der Waals surface area contributed by atoms with Crippen LogP contribution in [0.25, 0.3) is 0 Å². The van der Waals surface area contributed by atoms with Crippen LogP contribution in [0.15, 0.2) is 24.3 Å². The monoisotopic (exact) mass is 272 g/mol. The summed E-state index contributed by atoms with van der Waals surface area (Å²) in [5, 5.41) is 3.51. The van der Waals surface area contributed by atoms with Gasteiger partial charge in [-0.2, -0.15) is 0 Å². The second-order valence-electron chi connectivity index (χ2n) is 5.62. The zero-order valence-electron chi connectivity index (χ0n) is 13.2. The maximum absolute atomic E-state index is 5.42. The molecule has 0 atom stereocenters. The molecule has 1 aromatic rings. The van der Waals surface area contributed by atoms with E-state index >= 15 is 0 Å². The molecule has 0 bridgehead atoms. The Bertz CT molecular complexity index is 418. The van der Waals surface area contributed by atoms with Crippen molar-refractivity contribution in [3.63, 3.8) is 0 Å². The lowest BCUT2D eigenvalue weighted by molar-refractivity contribution is 0.315. The largest absolute Gasteiger partial charge is 0.316 e. The summed E-state index contributed by atoms with van der Waals surface area (Å²) in [5.74, 6) is 3.44. The smallest absolute Gasteiger partial charge is 0.0601 e. The van der Waals surface area contributed by atoms with Crippen LogP contribution >= 0.6 is 0 Å². The van der Waals surface area contributed by atoms with E-state index in [4.69, 9.17) is 6.42 Å². The Kier molecular flexibility index (Phi) is 8.02. The Labute approximate surface area is 124 Å². The fraction of sp³-hybridized carbons (Fsp3) is 0.556.